The zero-order valence-electron chi connectivity index (χ0n) is 10.4. The third kappa shape index (κ3) is 3.16. The molecule has 0 N–H and O–H groups in total. The Morgan fingerprint density at radius 1 is 1.50 bits per heavy atom. The zero-order chi connectivity index (χ0) is 13.8. The highest BCUT2D eigenvalue weighted by molar-refractivity contribution is 9.09. The first kappa shape index (κ1) is 14.8. The molecule has 7 heteroatoms. The number of rotatable bonds is 6. The second-order valence-corrected chi connectivity index (χ2v) is 4.88. The highest BCUT2D eigenvalue weighted by Crippen LogP contribution is 2.30. The molecule has 1 heterocycles. The van der Waals surface area contributed by atoms with Gasteiger partial charge in [0.25, 0.3) is 0 Å². The monoisotopic (exact) mass is 317 g/mol. The fourth-order valence-corrected chi connectivity index (χ4v) is 2.69. The Bertz CT molecular complexity index is 474. The Labute approximate surface area is 113 Å². The summed E-state index contributed by atoms with van der Waals surface area (Å²) in [6, 6.07) is 0. The normalized spacial score (nSPS) is 11.5. The summed E-state index contributed by atoms with van der Waals surface area (Å²) in [6.07, 6.45) is 4.01. The molecule has 0 atom stereocenters. The summed E-state index contributed by atoms with van der Waals surface area (Å²) in [5.74, 6) is 0. The van der Waals surface area contributed by atoms with Crippen LogP contribution >= 0.6 is 15.9 Å². The van der Waals surface area contributed by atoms with Crippen LogP contribution in [-0.2, 0) is 6.54 Å². The zero-order valence-corrected chi connectivity index (χ0v) is 12.0. The van der Waals surface area contributed by atoms with E-state index in [0.717, 1.165) is 24.4 Å². The van der Waals surface area contributed by atoms with Crippen molar-refractivity contribution in [3.63, 3.8) is 0 Å². The summed E-state index contributed by atoms with van der Waals surface area (Å²) in [7, 11) is 0. The van der Waals surface area contributed by atoms with Crippen molar-refractivity contribution < 1.29 is 4.92 Å². The minimum absolute atomic E-state index is 0.0826. The van der Waals surface area contributed by atoms with E-state index in [9.17, 15) is 14.9 Å². The van der Waals surface area contributed by atoms with Crippen molar-refractivity contribution in [1.82, 2.24) is 9.55 Å². The maximum atomic E-state index is 11.6. The lowest BCUT2D eigenvalue weighted by atomic mass is 9.84. The van der Waals surface area contributed by atoms with Gasteiger partial charge in [-0.2, -0.15) is 4.98 Å². The summed E-state index contributed by atoms with van der Waals surface area (Å²) < 4.78 is 1.33. The molecular formula is C11H16BrN3O3. The Hall–Kier alpha value is -1.24. The molecule has 6 nitrogen and oxygen atoms in total. The molecule has 0 amide bonds. The standard InChI is InChI=1S/C11H16BrN3O3/c1-3-11(4-2,7-12)8-14-6-9(15(17)18)5-13-10(14)16/h5-6H,3-4,7-8H2,1-2H3. The van der Waals surface area contributed by atoms with E-state index in [4.69, 9.17) is 0 Å². The molecule has 0 aliphatic rings. The van der Waals surface area contributed by atoms with E-state index in [1.54, 1.807) is 0 Å². The second kappa shape index (κ2) is 6.08. The molecule has 100 valence electrons. The van der Waals surface area contributed by atoms with Gasteiger partial charge in [-0.25, -0.2) is 4.79 Å². The van der Waals surface area contributed by atoms with Gasteiger partial charge < -0.3 is 0 Å². The molecule has 0 fully saturated rings. The summed E-state index contributed by atoms with van der Waals surface area (Å²) in [6.45, 7) is 4.51. The van der Waals surface area contributed by atoms with Gasteiger partial charge in [0.15, 0.2) is 0 Å². The average Bonchev–Trinajstić information content (AvgIpc) is 2.38. The van der Waals surface area contributed by atoms with E-state index in [0.29, 0.717) is 6.54 Å². The SMILES string of the molecule is CCC(CC)(CBr)Cn1cc([N+](=O)[O-])cnc1=O. The summed E-state index contributed by atoms with van der Waals surface area (Å²) in [5, 5.41) is 11.4. The first-order valence-corrected chi connectivity index (χ1v) is 6.87. The van der Waals surface area contributed by atoms with Gasteiger partial charge in [0.2, 0.25) is 0 Å². The number of nitro groups is 1. The topological polar surface area (TPSA) is 78.0 Å². The van der Waals surface area contributed by atoms with E-state index in [2.05, 4.69) is 20.9 Å². The molecule has 18 heavy (non-hydrogen) atoms. The largest absolute Gasteiger partial charge is 0.347 e. The summed E-state index contributed by atoms with van der Waals surface area (Å²) in [5.41, 5.74) is -0.695. The smallest absolute Gasteiger partial charge is 0.292 e. The van der Waals surface area contributed by atoms with Crippen molar-refractivity contribution in [2.45, 2.75) is 33.2 Å². The van der Waals surface area contributed by atoms with Crippen LogP contribution in [0.4, 0.5) is 5.69 Å². The Morgan fingerprint density at radius 2 is 2.11 bits per heavy atom. The number of halogens is 1. The van der Waals surface area contributed by atoms with E-state index in [1.165, 1.54) is 10.8 Å². The molecule has 0 aliphatic heterocycles. The molecule has 0 radical (unpaired) electrons. The van der Waals surface area contributed by atoms with Crippen molar-refractivity contribution in [3.05, 3.63) is 33.0 Å². The maximum absolute atomic E-state index is 11.6. The van der Waals surface area contributed by atoms with Crippen LogP contribution < -0.4 is 5.69 Å². The minimum atomic E-state index is -0.545. The highest BCUT2D eigenvalue weighted by atomic mass is 79.9. The van der Waals surface area contributed by atoms with Gasteiger partial charge in [-0.05, 0) is 18.3 Å². The van der Waals surface area contributed by atoms with E-state index >= 15 is 0 Å². The summed E-state index contributed by atoms with van der Waals surface area (Å²) in [4.78, 5) is 25.3. The first-order valence-electron chi connectivity index (χ1n) is 5.75. The van der Waals surface area contributed by atoms with Gasteiger partial charge >= 0.3 is 11.4 Å². The molecule has 0 unspecified atom stereocenters. The van der Waals surface area contributed by atoms with Crippen LogP contribution in [0.5, 0.6) is 0 Å². The molecular weight excluding hydrogens is 302 g/mol. The lowest BCUT2D eigenvalue weighted by molar-refractivity contribution is -0.385. The molecule has 0 aliphatic carbocycles. The fourth-order valence-electron chi connectivity index (χ4n) is 1.72. The van der Waals surface area contributed by atoms with Crippen LogP contribution in [0.15, 0.2) is 17.2 Å². The van der Waals surface area contributed by atoms with Gasteiger partial charge in [0, 0.05) is 11.9 Å². The van der Waals surface area contributed by atoms with E-state index < -0.39 is 10.6 Å². The number of hydrogen-bond donors (Lipinski definition) is 0. The number of alkyl halides is 1. The van der Waals surface area contributed by atoms with Gasteiger partial charge in [-0.3, -0.25) is 14.7 Å². The molecule has 1 aromatic rings. The van der Waals surface area contributed by atoms with Crippen molar-refractivity contribution in [1.29, 1.82) is 0 Å². The Balaban J connectivity index is 3.13. The molecule has 1 rings (SSSR count). The predicted molar refractivity (Wildman–Crippen MR) is 72.0 cm³/mol. The van der Waals surface area contributed by atoms with Gasteiger partial charge in [0.1, 0.15) is 6.20 Å². The quantitative estimate of drug-likeness (QED) is 0.458. The van der Waals surface area contributed by atoms with Gasteiger partial charge in [-0.1, -0.05) is 29.8 Å². The van der Waals surface area contributed by atoms with Crippen molar-refractivity contribution in [2.75, 3.05) is 5.33 Å². The highest BCUT2D eigenvalue weighted by Gasteiger charge is 2.26. The molecule has 0 saturated heterocycles. The third-order valence-electron chi connectivity index (χ3n) is 3.34. The van der Waals surface area contributed by atoms with Crippen LogP contribution in [0, 0.1) is 15.5 Å². The van der Waals surface area contributed by atoms with Gasteiger partial charge in [-0.15, -0.1) is 0 Å². The number of aromatic nitrogens is 2. The van der Waals surface area contributed by atoms with Crippen LogP contribution in [0.1, 0.15) is 26.7 Å². The van der Waals surface area contributed by atoms with Crippen LogP contribution in [0.25, 0.3) is 0 Å². The van der Waals surface area contributed by atoms with Crippen molar-refractivity contribution in [3.8, 4) is 0 Å². The Kier molecular flexibility index (Phi) is 5.01. The average molecular weight is 318 g/mol. The predicted octanol–water partition coefficient (Wildman–Crippen LogP) is 2.35. The first-order chi connectivity index (χ1) is 8.48. The molecule has 0 saturated carbocycles. The fraction of sp³-hybridized carbons (Fsp3) is 0.636. The molecule has 0 bridgehead atoms. The summed E-state index contributed by atoms with van der Waals surface area (Å²) >= 11 is 3.45. The van der Waals surface area contributed by atoms with Crippen LogP contribution in [-0.4, -0.2) is 19.8 Å². The maximum Gasteiger partial charge on any atom is 0.347 e. The molecule has 0 spiro atoms. The lowest BCUT2D eigenvalue weighted by Crippen LogP contribution is -2.33. The molecule has 1 aromatic heterocycles. The van der Waals surface area contributed by atoms with E-state index in [1.807, 2.05) is 13.8 Å². The van der Waals surface area contributed by atoms with Crippen molar-refractivity contribution in [2.24, 2.45) is 5.41 Å². The lowest BCUT2D eigenvalue weighted by Gasteiger charge is -2.29. The van der Waals surface area contributed by atoms with Crippen LogP contribution in [0.2, 0.25) is 0 Å². The number of hydrogen-bond acceptors (Lipinski definition) is 4. The van der Waals surface area contributed by atoms with Crippen molar-refractivity contribution >= 4 is 21.6 Å². The molecule has 0 aromatic carbocycles. The third-order valence-corrected chi connectivity index (χ3v) is 4.53. The van der Waals surface area contributed by atoms with Crippen LogP contribution in [0.3, 0.4) is 0 Å². The number of nitrogens with zero attached hydrogens (tertiary/aromatic N) is 3. The van der Waals surface area contributed by atoms with E-state index in [-0.39, 0.29) is 11.1 Å². The minimum Gasteiger partial charge on any atom is -0.292 e. The Morgan fingerprint density at radius 3 is 2.56 bits per heavy atom. The van der Waals surface area contributed by atoms with Gasteiger partial charge in [0.05, 0.1) is 11.1 Å². The second-order valence-electron chi connectivity index (χ2n) is 4.32.